The Hall–Kier alpha value is -8.55. The Kier molecular flexibility index (Phi) is 20.4. The summed E-state index contributed by atoms with van der Waals surface area (Å²) >= 11 is 14.2. The lowest BCUT2D eigenvalue weighted by Crippen LogP contribution is -2.78. The van der Waals surface area contributed by atoms with Crippen LogP contribution in [0, 0.1) is 0 Å². The molecule has 6 heterocycles. The molecular weight excluding hydrogens is 1300 g/mol. The van der Waals surface area contributed by atoms with Crippen molar-refractivity contribution in [3.05, 3.63) is 93.4 Å². The number of nitrogens with one attached hydrogen (secondary N) is 2. The van der Waals surface area contributed by atoms with Crippen molar-refractivity contribution in [2.75, 3.05) is 37.8 Å². The van der Waals surface area contributed by atoms with Crippen LogP contribution >= 0.6 is 45.9 Å². The number of halogens is 2. The highest BCUT2D eigenvalue weighted by molar-refractivity contribution is 7.81. The number of hydrogen-bond donors (Lipinski definition) is 8. The lowest BCUT2D eigenvalue weighted by Gasteiger charge is -2.52. The number of aromatic nitrogens is 6. The molecule has 0 spiro atoms. The molecule has 4 atom stereocenters. The van der Waals surface area contributed by atoms with Gasteiger partial charge in [0, 0.05) is 0 Å². The molecule has 2 fully saturated rings. The second-order valence-corrected chi connectivity index (χ2v) is 26.6. The van der Waals surface area contributed by atoms with Crippen molar-refractivity contribution in [1.82, 2.24) is 40.1 Å². The predicted octanol–water partition coefficient (Wildman–Crippen LogP) is 1.66. The third-order valence-corrected chi connectivity index (χ3v) is 17.4. The number of anilines is 2. The van der Waals surface area contributed by atoms with Crippen LogP contribution in [0.3, 0.4) is 0 Å². The van der Waals surface area contributed by atoms with Crippen LogP contribution in [0.1, 0.15) is 65.8 Å². The van der Waals surface area contributed by atoms with Gasteiger partial charge < -0.3 is 62.9 Å². The summed E-state index contributed by atoms with van der Waals surface area (Å²) in [6, 6.07) is 10.4. The molecule has 37 heteroatoms. The molecule has 2 saturated heterocycles. The van der Waals surface area contributed by atoms with Crippen LogP contribution in [0.15, 0.2) is 83.6 Å². The van der Waals surface area contributed by atoms with Gasteiger partial charge in [-0.15, -0.1) is 17.9 Å². The Bertz CT molecular complexity index is 3700. The van der Waals surface area contributed by atoms with Gasteiger partial charge in [0.2, 0.25) is 12.4 Å². The van der Waals surface area contributed by atoms with Gasteiger partial charge >= 0.3 is 22.3 Å². The van der Waals surface area contributed by atoms with Gasteiger partial charge in [0.1, 0.15) is 56.9 Å². The summed E-state index contributed by atoms with van der Waals surface area (Å²) in [5.41, 5.74) is 16.4. The molecule has 2 aromatic carbocycles. The van der Waals surface area contributed by atoms with Gasteiger partial charge in [-0.3, -0.25) is 19.2 Å². The average Bonchev–Trinajstić information content (AvgIpc) is 1.22. The first-order valence-corrected chi connectivity index (χ1v) is 31.2. The highest BCUT2D eigenvalue weighted by atomic mass is 35.5. The monoisotopic (exact) mass is 1360 g/mol. The number of carbonyl (C=O) groups excluding carboxylic acids is 4. The molecule has 0 radical (unpaired) electrons. The summed E-state index contributed by atoms with van der Waals surface area (Å²) in [6.45, 7) is 8.59. The van der Waals surface area contributed by atoms with E-state index in [1.165, 1.54) is 27.7 Å². The molecule has 4 aromatic heterocycles. The number of rotatable bonds is 30. The zero-order chi connectivity index (χ0) is 66.7. The fraction of sp³-hybridized carbons (Fsp3) is 0.407. The van der Waals surface area contributed by atoms with Crippen molar-refractivity contribution in [2.45, 2.75) is 102 Å². The molecule has 8 rings (SSSR count). The summed E-state index contributed by atoms with van der Waals surface area (Å²) < 4.78 is 56.3. The summed E-state index contributed by atoms with van der Waals surface area (Å²) in [7, 11) is -1.62. The number of amides is 4. The number of nitrogens with zero attached hydrogens (tertiary/aromatic N) is 10. The fourth-order valence-electron chi connectivity index (χ4n) is 9.00. The van der Waals surface area contributed by atoms with Gasteiger partial charge in [-0.1, -0.05) is 80.5 Å². The van der Waals surface area contributed by atoms with Crippen molar-refractivity contribution in [1.29, 1.82) is 0 Å². The van der Waals surface area contributed by atoms with E-state index in [1.807, 2.05) is 57.6 Å². The van der Waals surface area contributed by atoms with Gasteiger partial charge in [0.05, 0.1) is 47.7 Å². The summed E-state index contributed by atoms with van der Waals surface area (Å²) in [5, 5.41) is 33.5. The van der Waals surface area contributed by atoms with E-state index in [1.54, 1.807) is 48.5 Å². The quantitative estimate of drug-likeness (QED) is 0.0138. The number of β-lactam (4-membered cyclic amide) rings is 2. The van der Waals surface area contributed by atoms with Crippen molar-refractivity contribution >= 4 is 114 Å². The second kappa shape index (κ2) is 27.1. The minimum absolute atomic E-state index is 0.135. The molecule has 0 saturated carbocycles. The third kappa shape index (κ3) is 14.9. The molecule has 32 nitrogen and oxygen atoms in total. The molecule has 91 heavy (non-hydrogen) atoms. The normalized spacial score (nSPS) is 17.7. The number of aryl methyl sites for hydroxylation is 4. The van der Waals surface area contributed by atoms with E-state index in [0.29, 0.717) is 23.2 Å². The lowest BCUT2D eigenvalue weighted by molar-refractivity contribution is -0.753. The van der Waals surface area contributed by atoms with Gasteiger partial charge in [0.25, 0.3) is 34.8 Å². The molecule has 12 N–H and O–H groups in total. The van der Waals surface area contributed by atoms with Crippen LogP contribution in [0.5, 0.6) is 11.5 Å². The van der Waals surface area contributed by atoms with E-state index in [9.17, 15) is 47.4 Å². The molecule has 0 unspecified atom stereocenters. The summed E-state index contributed by atoms with van der Waals surface area (Å²) in [4.78, 5) is 100. The number of carbonyl (C=O) groups is 6. The van der Waals surface area contributed by atoms with Crippen molar-refractivity contribution < 1.29 is 84.5 Å². The molecule has 6 aromatic rings. The van der Waals surface area contributed by atoms with Crippen LogP contribution in [-0.4, -0.2) is 156 Å². The lowest BCUT2D eigenvalue weighted by atomic mass is 9.84. The SMILES string of the molecule is C[n+]1cc(-c2ccc(OC[C@@](C)(O/N=C(\C(=O)N[C@@H]3C(=O)N(OS(=O)(=O)ON4C(=O)[C@@H](NC(=O)/C(=N\O[C@](C)(COc5ccc(-c6cn(CCCN)[n+](C)c6)cc5)C(=O)O)c5nc(N)sc5Cl)C4(C)C)C3(C)C)c3nc(N)sc3Cl)C(=O)O)cc2)cn1CCCN. The van der Waals surface area contributed by atoms with Gasteiger partial charge in [-0.2, -0.15) is 27.9 Å². The number of hydroxylamine groups is 4. The smallest absolute Gasteiger partial charge is 0.442 e. The Morgan fingerprint density at radius 3 is 1.31 bits per heavy atom. The first-order valence-electron chi connectivity index (χ1n) is 27.5. The Morgan fingerprint density at radius 1 is 0.659 bits per heavy atom. The van der Waals surface area contributed by atoms with E-state index in [2.05, 4.69) is 30.9 Å². The molecule has 2 aliphatic rings. The van der Waals surface area contributed by atoms with Crippen molar-refractivity contribution in [2.24, 2.45) is 35.9 Å². The van der Waals surface area contributed by atoms with Gasteiger partial charge in [-0.25, -0.2) is 19.6 Å². The number of oxime groups is 2. The number of thiazole rings is 2. The largest absolute Gasteiger partial charge is 0.489 e. The first kappa shape index (κ1) is 68.4. The Labute approximate surface area is 537 Å². The number of carboxylic acids is 2. The molecular formula is C54H66Cl2N16O16S3+2. The number of aliphatic carboxylic acids is 2. The number of nitrogen functional groups attached to an aromatic ring is 2. The second-order valence-electron chi connectivity index (χ2n) is 22.2. The van der Waals surface area contributed by atoms with E-state index >= 15 is 0 Å². The van der Waals surface area contributed by atoms with Crippen LogP contribution in [0.2, 0.25) is 8.67 Å². The average molecular weight is 1360 g/mol. The standard InChI is InChI=1S/C54H64Cl2N16O16S3/c1-51(2)39(63-43(73)37(35-41(55)89-49(59)61-35)65-85-53(5,47(77)78)27-83-33-15-11-29(12-16-33)31-23-67(7)69(25-31)21-9-19-57)45(75)71(51)87-91(81,82)88-72-46(76)40(52(72,3)4)64-44(74)38(36-42(56)90-50(60)62-36)66-86-54(6,48(79)80)28-84-34-17-13-30(14-18-34)32-24-68(8)70(26-32)22-10-20-58/h11-18,23-26,39-40H,9-10,19-22,27-28,57-58H2,1-8H3,(H6-2,59,60,61,62,63,64,73,74,77,78,79,80)/p+2/b65-37-,66-38-/t39-,40-,53-,54-/m1/s1. The first-order chi connectivity index (χ1) is 42.7. The van der Waals surface area contributed by atoms with E-state index in [-0.39, 0.29) is 41.8 Å². The summed E-state index contributed by atoms with van der Waals surface area (Å²) in [5.74, 6) is -7.38. The van der Waals surface area contributed by atoms with Gasteiger partial charge in [0.15, 0.2) is 35.8 Å². The molecule has 0 aliphatic carbocycles. The Balaban J connectivity index is 0.896. The minimum Gasteiger partial charge on any atom is -0.489 e. The maximum absolute atomic E-state index is 14.1. The Morgan fingerprint density at radius 2 is 1.01 bits per heavy atom. The van der Waals surface area contributed by atoms with Crippen LogP contribution < -0.4 is 52.4 Å². The van der Waals surface area contributed by atoms with Crippen LogP contribution in [0.25, 0.3) is 22.3 Å². The van der Waals surface area contributed by atoms with Gasteiger partial charge in [-0.05, 0) is 103 Å². The number of ether oxygens (including phenoxy) is 2. The summed E-state index contributed by atoms with van der Waals surface area (Å²) in [6.07, 6.45) is 9.37. The van der Waals surface area contributed by atoms with E-state index in [0.717, 1.165) is 84.7 Å². The highest BCUT2D eigenvalue weighted by Crippen LogP contribution is 2.38. The molecule has 4 amide bonds. The maximum atomic E-state index is 14.1. The maximum Gasteiger partial charge on any atom is 0.442 e. The number of benzene rings is 2. The zero-order valence-electron chi connectivity index (χ0n) is 50.1. The molecule has 2 aliphatic heterocycles. The molecule has 488 valence electrons. The van der Waals surface area contributed by atoms with Crippen LogP contribution in [0.4, 0.5) is 10.3 Å². The van der Waals surface area contributed by atoms with Crippen LogP contribution in [-0.2, 0) is 84.6 Å². The number of carboxylic acid groups (broad SMARTS) is 2. The van der Waals surface area contributed by atoms with E-state index < -0.39 is 105 Å². The predicted molar refractivity (Wildman–Crippen MR) is 328 cm³/mol. The van der Waals surface area contributed by atoms with E-state index in [4.69, 9.17) is 73.9 Å². The third-order valence-electron chi connectivity index (χ3n) is 14.5. The fourth-order valence-corrected chi connectivity index (χ4v) is 11.8. The van der Waals surface area contributed by atoms with Crippen molar-refractivity contribution in [3.63, 3.8) is 0 Å². The van der Waals surface area contributed by atoms with Crippen molar-refractivity contribution in [3.8, 4) is 33.8 Å². The highest BCUT2D eigenvalue weighted by Gasteiger charge is 2.61. The number of hydrogen-bond acceptors (Lipinski definition) is 24. The molecule has 0 bridgehead atoms. The minimum atomic E-state index is -5.42. The number of nitrogens with two attached hydrogens (primary N) is 4. The topological polar surface area (TPSA) is 435 Å². The zero-order valence-corrected chi connectivity index (χ0v) is 54.1.